The molecule has 2 N–H and O–H groups in total. The largest absolute Gasteiger partial charge is 0.497 e. The number of hydrogen-bond acceptors (Lipinski definition) is 6. The molecule has 2 amide bonds. The van der Waals surface area contributed by atoms with E-state index in [0.29, 0.717) is 12.3 Å². The first-order valence-corrected chi connectivity index (χ1v) is 9.99. The predicted molar refractivity (Wildman–Crippen MR) is 118 cm³/mol. The molecular weight excluding hydrogens is 412 g/mol. The van der Waals surface area contributed by atoms with Crippen LogP contribution in [0.15, 0.2) is 71.5 Å². The fourth-order valence-electron chi connectivity index (χ4n) is 2.75. The standard InChI is InChI=1S/C23H24N4O5/c1-31-18-9-7-17(8-10-18)15-24-21(28)16-25-23(30)20-11-12-22(29)27(26-20)13-14-32-19-5-3-2-4-6-19/h2-12H,13-16H2,1H3,(H,24,28)(H,25,30). The van der Waals surface area contributed by atoms with E-state index in [2.05, 4.69) is 15.7 Å². The van der Waals surface area contributed by atoms with E-state index in [9.17, 15) is 14.4 Å². The highest BCUT2D eigenvalue weighted by Gasteiger charge is 2.11. The SMILES string of the molecule is COc1ccc(CNC(=O)CNC(=O)c2ccc(=O)n(CCOc3ccccc3)n2)cc1. The van der Waals surface area contributed by atoms with Gasteiger partial charge in [0.1, 0.15) is 23.8 Å². The van der Waals surface area contributed by atoms with Crippen molar-refractivity contribution in [1.29, 1.82) is 0 Å². The van der Waals surface area contributed by atoms with Crippen molar-refractivity contribution in [2.45, 2.75) is 13.1 Å². The Morgan fingerprint density at radius 2 is 1.69 bits per heavy atom. The third kappa shape index (κ3) is 6.69. The molecule has 0 saturated carbocycles. The summed E-state index contributed by atoms with van der Waals surface area (Å²) >= 11 is 0. The van der Waals surface area contributed by atoms with Crippen LogP contribution in [-0.2, 0) is 17.9 Å². The van der Waals surface area contributed by atoms with Gasteiger partial charge in [0.25, 0.3) is 11.5 Å². The van der Waals surface area contributed by atoms with Gasteiger partial charge in [-0.25, -0.2) is 4.68 Å². The van der Waals surface area contributed by atoms with Crippen molar-refractivity contribution in [3.8, 4) is 11.5 Å². The fourth-order valence-corrected chi connectivity index (χ4v) is 2.75. The minimum Gasteiger partial charge on any atom is -0.497 e. The number of para-hydroxylation sites is 1. The number of nitrogens with zero attached hydrogens (tertiary/aromatic N) is 2. The minimum absolute atomic E-state index is 0.0345. The van der Waals surface area contributed by atoms with E-state index in [1.165, 1.54) is 12.1 Å². The first-order valence-electron chi connectivity index (χ1n) is 9.99. The summed E-state index contributed by atoms with van der Waals surface area (Å²) in [6.07, 6.45) is 0. The van der Waals surface area contributed by atoms with Crippen molar-refractivity contribution in [1.82, 2.24) is 20.4 Å². The Labute approximate surface area is 185 Å². The van der Waals surface area contributed by atoms with E-state index in [-0.39, 0.29) is 36.9 Å². The van der Waals surface area contributed by atoms with Crippen LogP contribution in [0.2, 0.25) is 0 Å². The van der Waals surface area contributed by atoms with Crippen molar-refractivity contribution in [3.05, 3.63) is 88.3 Å². The summed E-state index contributed by atoms with van der Waals surface area (Å²) in [5.41, 5.74) is 0.583. The highest BCUT2D eigenvalue weighted by atomic mass is 16.5. The quantitative estimate of drug-likeness (QED) is 0.497. The van der Waals surface area contributed by atoms with Gasteiger partial charge >= 0.3 is 0 Å². The second-order valence-electron chi connectivity index (χ2n) is 6.75. The number of nitrogens with one attached hydrogen (secondary N) is 2. The zero-order valence-electron chi connectivity index (χ0n) is 17.6. The number of benzene rings is 2. The average molecular weight is 436 g/mol. The lowest BCUT2D eigenvalue weighted by atomic mass is 10.2. The Morgan fingerprint density at radius 1 is 0.938 bits per heavy atom. The van der Waals surface area contributed by atoms with Gasteiger partial charge in [0.05, 0.1) is 20.2 Å². The molecule has 9 nitrogen and oxygen atoms in total. The monoisotopic (exact) mass is 436 g/mol. The molecule has 1 aromatic heterocycles. The first-order chi connectivity index (χ1) is 15.5. The number of aromatic nitrogens is 2. The maximum Gasteiger partial charge on any atom is 0.272 e. The molecule has 0 bridgehead atoms. The lowest BCUT2D eigenvalue weighted by molar-refractivity contribution is -0.120. The van der Waals surface area contributed by atoms with Crippen LogP contribution in [0.25, 0.3) is 0 Å². The van der Waals surface area contributed by atoms with E-state index in [4.69, 9.17) is 9.47 Å². The summed E-state index contributed by atoms with van der Waals surface area (Å²) in [5, 5.41) is 9.28. The summed E-state index contributed by atoms with van der Waals surface area (Å²) in [6, 6.07) is 19.0. The van der Waals surface area contributed by atoms with E-state index in [1.54, 1.807) is 31.4 Å². The Kier molecular flexibility index (Phi) is 7.96. The first kappa shape index (κ1) is 22.5. The molecular formula is C23H24N4O5. The summed E-state index contributed by atoms with van der Waals surface area (Å²) in [5.74, 6) is 0.504. The molecule has 166 valence electrons. The summed E-state index contributed by atoms with van der Waals surface area (Å²) in [4.78, 5) is 36.4. The number of hydrogen-bond donors (Lipinski definition) is 2. The minimum atomic E-state index is -0.553. The lowest BCUT2D eigenvalue weighted by Crippen LogP contribution is -2.38. The Hall–Kier alpha value is -4.14. The lowest BCUT2D eigenvalue weighted by Gasteiger charge is -2.10. The van der Waals surface area contributed by atoms with Gasteiger partial charge in [-0.1, -0.05) is 30.3 Å². The number of methoxy groups -OCH3 is 1. The van der Waals surface area contributed by atoms with Gasteiger partial charge in [0, 0.05) is 12.6 Å². The van der Waals surface area contributed by atoms with Crippen molar-refractivity contribution >= 4 is 11.8 Å². The second kappa shape index (κ2) is 11.3. The van der Waals surface area contributed by atoms with Crippen LogP contribution >= 0.6 is 0 Å². The van der Waals surface area contributed by atoms with Crippen LogP contribution in [0, 0.1) is 0 Å². The molecule has 1 heterocycles. The number of rotatable bonds is 10. The van der Waals surface area contributed by atoms with Gasteiger partial charge in [0.15, 0.2) is 0 Å². The molecule has 0 aliphatic carbocycles. The fraction of sp³-hybridized carbons (Fsp3) is 0.217. The Bertz CT molecular complexity index is 1100. The molecule has 3 rings (SSSR count). The van der Waals surface area contributed by atoms with Gasteiger partial charge in [-0.05, 0) is 35.9 Å². The van der Waals surface area contributed by atoms with Gasteiger partial charge in [-0.3, -0.25) is 14.4 Å². The van der Waals surface area contributed by atoms with Gasteiger partial charge in [-0.15, -0.1) is 0 Å². The van der Waals surface area contributed by atoms with E-state index in [0.717, 1.165) is 16.0 Å². The zero-order chi connectivity index (χ0) is 22.8. The summed E-state index contributed by atoms with van der Waals surface area (Å²) < 4.78 is 11.8. The third-order valence-electron chi connectivity index (χ3n) is 4.47. The molecule has 2 aromatic carbocycles. The van der Waals surface area contributed by atoms with Crippen molar-refractivity contribution in [2.24, 2.45) is 0 Å². The number of ether oxygens (including phenoxy) is 2. The molecule has 32 heavy (non-hydrogen) atoms. The molecule has 3 aromatic rings. The number of carbonyl (C=O) groups is 2. The smallest absolute Gasteiger partial charge is 0.272 e. The van der Waals surface area contributed by atoms with Crippen LogP contribution in [0.3, 0.4) is 0 Å². The summed E-state index contributed by atoms with van der Waals surface area (Å²) in [7, 11) is 1.58. The molecule has 0 unspecified atom stereocenters. The predicted octanol–water partition coefficient (Wildman–Crippen LogP) is 1.38. The maximum absolute atomic E-state index is 12.3. The normalized spacial score (nSPS) is 10.3. The molecule has 0 aliphatic rings. The number of amides is 2. The van der Waals surface area contributed by atoms with Crippen molar-refractivity contribution < 1.29 is 19.1 Å². The average Bonchev–Trinajstić information content (AvgIpc) is 2.83. The molecule has 0 saturated heterocycles. The molecule has 0 radical (unpaired) electrons. The molecule has 0 spiro atoms. The Balaban J connectivity index is 1.47. The highest BCUT2D eigenvalue weighted by molar-refractivity contribution is 5.94. The van der Waals surface area contributed by atoms with Gasteiger partial charge in [-0.2, -0.15) is 5.10 Å². The second-order valence-corrected chi connectivity index (χ2v) is 6.75. The number of carbonyl (C=O) groups excluding carboxylic acids is 2. The third-order valence-corrected chi connectivity index (χ3v) is 4.47. The van der Waals surface area contributed by atoms with E-state index < -0.39 is 5.91 Å². The van der Waals surface area contributed by atoms with Crippen molar-refractivity contribution in [3.63, 3.8) is 0 Å². The van der Waals surface area contributed by atoms with E-state index in [1.807, 2.05) is 30.3 Å². The highest BCUT2D eigenvalue weighted by Crippen LogP contribution is 2.11. The van der Waals surface area contributed by atoms with Gasteiger partial charge in [0.2, 0.25) is 5.91 Å². The summed E-state index contributed by atoms with van der Waals surface area (Å²) in [6.45, 7) is 0.503. The van der Waals surface area contributed by atoms with Crippen LogP contribution in [-0.4, -0.2) is 41.9 Å². The Morgan fingerprint density at radius 3 is 2.41 bits per heavy atom. The van der Waals surface area contributed by atoms with Crippen molar-refractivity contribution in [2.75, 3.05) is 20.3 Å². The van der Waals surface area contributed by atoms with Crippen LogP contribution in [0.5, 0.6) is 11.5 Å². The molecule has 9 heteroatoms. The zero-order valence-corrected chi connectivity index (χ0v) is 17.6. The maximum atomic E-state index is 12.3. The van der Waals surface area contributed by atoms with Crippen LogP contribution in [0.4, 0.5) is 0 Å². The van der Waals surface area contributed by atoms with Crippen LogP contribution in [0.1, 0.15) is 16.1 Å². The molecule has 0 atom stereocenters. The van der Waals surface area contributed by atoms with E-state index >= 15 is 0 Å². The topological polar surface area (TPSA) is 112 Å². The van der Waals surface area contributed by atoms with Crippen LogP contribution < -0.4 is 25.7 Å². The van der Waals surface area contributed by atoms with Gasteiger partial charge < -0.3 is 20.1 Å². The molecule has 0 fully saturated rings. The molecule has 0 aliphatic heterocycles.